The van der Waals surface area contributed by atoms with Gasteiger partial charge in [0.15, 0.2) is 0 Å². The van der Waals surface area contributed by atoms with Gasteiger partial charge in [-0.2, -0.15) is 0 Å². The zero-order valence-electron chi connectivity index (χ0n) is 12.1. The molecule has 0 bridgehead atoms. The molecule has 0 saturated heterocycles. The maximum atomic E-state index is 10.9. The summed E-state index contributed by atoms with van der Waals surface area (Å²) < 4.78 is 0. The van der Waals surface area contributed by atoms with Crippen molar-refractivity contribution in [1.29, 1.82) is 0 Å². The zero-order chi connectivity index (χ0) is 14.5. The zero-order valence-corrected chi connectivity index (χ0v) is 12.1. The van der Waals surface area contributed by atoms with Crippen molar-refractivity contribution in [2.75, 3.05) is 17.7 Å². The summed E-state index contributed by atoms with van der Waals surface area (Å²) in [6.07, 6.45) is 5.87. The van der Waals surface area contributed by atoms with E-state index >= 15 is 0 Å². The maximum Gasteiger partial charge on any atom is 0.276 e. The van der Waals surface area contributed by atoms with Crippen LogP contribution in [0.25, 0.3) is 0 Å². The van der Waals surface area contributed by atoms with Crippen molar-refractivity contribution in [2.24, 2.45) is 5.92 Å². The lowest BCUT2D eigenvalue weighted by atomic mass is 10.0. The lowest BCUT2D eigenvalue weighted by Gasteiger charge is -2.17. The third-order valence-electron chi connectivity index (χ3n) is 3.89. The van der Waals surface area contributed by atoms with Crippen LogP contribution in [0, 0.1) is 16.0 Å². The number of anilines is 2. The minimum absolute atomic E-state index is 0.0637. The summed E-state index contributed by atoms with van der Waals surface area (Å²) in [5, 5.41) is 17.2. The van der Waals surface area contributed by atoms with E-state index in [4.69, 9.17) is 0 Å². The molecule has 6 heteroatoms. The van der Waals surface area contributed by atoms with Gasteiger partial charge < -0.3 is 10.6 Å². The molecule has 1 fully saturated rings. The van der Waals surface area contributed by atoms with E-state index in [-0.39, 0.29) is 10.6 Å². The largest absolute Gasteiger partial charge is 0.373 e. The molecule has 1 aromatic heterocycles. The molecule has 1 heterocycles. The van der Waals surface area contributed by atoms with Crippen LogP contribution in [0.2, 0.25) is 0 Å². The van der Waals surface area contributed by atoms with Crippen LogP contribution in [-0.2, 0) is 0 Å². The fourth-order valence-corrected chi connectivity index (χ4v) is 2.66. The number of aromatic nitrogens is 1. The minimum atomic E-state index is -0.386. The SMILES string of the molecule is CNc1cc([N+](=O)[O-])cc(NC2CCCC(C)CC2)n1. The highest BCUT2D eigenvalue weighted by Crippen LogP contribution is 2.26. The molecular weight excluding hydrogens is 256 g/mol. The molecule has 1 aliphatic carbocycles. The summed E-state index contributed by atoms with van der Waals surface area (Å²) in [6, 6.07) is 3.31. The third-order valence-corrected chi connectivity index (χ3v) is 3.89. The Kier molecular flexibility index (Phi) is 4.76. The minimum Gasteiger partial charge on any atom is -0.373 e. The van der Waals surface area contributed by atoms with Crippen LogP contribution in [-0.4, -0.2) is 23.0 Å². The van der Waals surface area contributed by atoms with Crippen molar-refractivity contribution in [3.05, 3.63) is 22.2 Å². The Hall–Kier alpha value is -1.85. The van der Waals surface area contributed by atoms with E-state index < -0.39 is 0 Å². The Morgan fingerprint density at radius 1 is 1.25 bits per heavy atom. The van der Waals surface area contributed by atoms with Crippen molar-refractivity contribution >= 4 is 17.3 Å². The van der Waals surface area contributed by atoms with E-state index in [1.54, 1.807) is 7.05 Å². The molecule has 2 N–H and O–H groups in total. The summed E-state index contributed by atoms with van der Waals surface area (Å²) in [7, 11) is 1.71. The average Bonchev–Trinajstić information content (AvgIpc) is 2.63. The van der Waals surface area contributed by atoms with Crippen LogP contribution in [0.1, 0.15) is 39.0 Å². The summed E-state index contributed by atoms with van der Waals surface area (Å²) in [5.74, 6) is 1.87. The fraction of sp³-hybridized carbons (Fsp3) is 0.643. The van der Waals surface area contributed by atoms with Gasteiger partial charge in [-0.3, -0.25) is 10.1 Å². The van der Waals surface area contributed by atoms with Crippen molar-refractivity contribution in [1.82, 2.24) is 4.98 Å². The monoisotopic (exact) mass is 278 g/mol. The first-order valence-corrected chi connectivity index (χ1v) is 7.19. The van der Waals surface area contributed by atoms with Crippen molar-refractivity contribution in [2.45, 2.75) is 45.1 Å². The first-order chi connectivity index (χ1) is 9.58. The van der Waals surface area contributed by atoms with Gasteiger partial charge in [0.25, 0.3) is 5.69 Å². The van der Waals surface area contributed by atoms with Gasteiger partial charge in [-0.05, 0) is 25.2 Å². The Morgan fingerprint density at radius 3 is 2.70 bits per heavy atom. The second-order valence-corrected chi connectivity index (χ2v) is 5.56. The van der Waals surface area contributed by atoms with Crippen LogP contribution < -0.4 is 10.6 Å². The number of nitrogens with one attached hydrogen (secondary N) is 2. The molecule has 1 aromatic rings. The van der Waals surface area contributed by atoms with Crippen LogP contribution in [0.4, 0.5) is 17.3 Å². The summed E-state index contributed by atoms with van der Waals surface area (Å²) in [4.78, 5) is 14.9. The Morgan fingerprint density at radius 2 is 2.00 bits per heavy atom. The molecule has 2 rings (SSSR count). The van der Waals surface area contributed by atoms with Gasteiger partial charge in [-0.1, -0.05) is 19.8 Å². The van der Waals surface area contributed by atoms with E-state index in [1.807, 2.05) is 0 Å². The predicted molar refractivity (Wildman–Crippen MR) is 80.1 cm³/mol. The smallest absolute Gasteiger partial charge is 0.276 e. The van der Waals surface area contributed by atoms with Crippen molar-refractivity contribution < 1.29 is 4.92 Å². The lowest BCUT2D eigenvalue weighted by Crippen LogP contribution is -2.19. The van der Waals surface area contributed by atoms with Gasteiger partial charge in [-0.25, -0.2) is 4.98 Å². The lowest BCUT2D eigenvalue weighted by molar-refractivity contribution is -0.384. The van der Waals surface area contributed by atoms with Gasteiger partial charge in [0, 0.05) is 13.1 Å². The predicted octanol–water partition coefficient (Wildman–Crippen LogP) is 3.41. The fourth-order valence-electron chi connectivity index (χ4n) is 2.66. The molecule has 0 radical (unpaired) electrons. The molecule has 0 amide bonds. The molecule has 2 atom stereocenters. The van der Waals surface area contributed by atoms with Gasteiger partial charge in [0.05, 0.1) is 17.1 Å². The molecule has 1 aliphatic rings. The second-order valence-electron chi connectivity index (χ2n) is 5.56. The highest BCUT2D eigenvalue weighted by molar-refractivity contribution is 5.54. The number of nitrogens with zero attached hydrogens (tertiary/aromatic N) is 2. The van der Waals surface area contributed by atoms with Crippen molar-refractivity contribution in [3.63, 3.8) is 0 Å². The number of pyridine rings is 1. The van der Waals surface area contributed by atoms with Crippen molar-refractivity contribution in [3.8, 4) is 0 Å². The first-order valence-electron chi connectivity index (χ1n) is 7.19. The highest BCUT2D eigenvalue weighted by Gasteiger charge is 2.18. The molecule has 0 spiro atoms. The molecular formula is C14H22N4O2. The van der Waals surface area contributed by atoms with Gasteiger partial charge >= 0.3 is 0 Å². The van der Waals surface area contributed by atoms with Crippen LogP contribution in [0.15, 0.2) is 12.1 Å². The molecule has 0 aromatic carbocycles. The molecule has 1 saturated carbocycles. The Bertz CT molecular complexity index is 478. The summed E-state index contributed by atoms with van der Waals surface area (Å²) in [6.45, 7) is 2.28. The molecule has 6 nitrogen and oxygen atoms in total. The quantitative estimate of drug-likeness (QED) is 0.501. The van der Waals surface area contributed by atoms with E-state index in [2.05, 4.69) is 22.5 Å². The molecule has 110 valence electrons. The second kappa shape index (κ2) is 6.54. The Labute approximate surface area is 119 Å². The van der Waals surface area contributed by atoms with Gasteiger partial charge in [0.1, 0.15) is 11.6 Å². The van der Waals surface area contributed by atoms with Crippen LogP contribution >= 0.6 is 0 Å². The molecule has 0 aliphatic heterocycles. The van der Waals surface area contributed by atoms with Crippen LogP contribution in [0.5, 0.6) is 0 Å². The molecule has 20 heavy (non-hydrogen) atoms. The topological polar surface area (TPSA) is 80.1 Å². The third kappa shape index (κ3) is 3.82. The van der Waals surface area contributed by atoms with Crippen LogP contribution in [0.3, 0.4) is 0 Å². The number of rotatable bonds is 4. The van der Waals surface area contributed by atoms with E-state index in [0.717, 1.165) is 18.8 Å². The number of hydrogen-bond acceptors (Lipinski definition) is 5. The van der Waals surface area contributed by atoms with Gasteiger partial charge in [0.2, 0.25) is 0 Å². The summed E-state index contributed by atoms with van der Waals surface area (Å²) >= 11 is 0. The van der Waals surface area contributed by atoms with E-state index in [0.29, 0.717) is 17.7 Å². The molecule has 2 unspecified atom stereocenters. The average molecular weight is 278 g/mol. The Balaban J connectivity index is 2.11. The van der Waals surface area contributed by atoms with E-state index in [9.17, 15) is 10.1 Å². The number of nitro groups is 1. The number of hydrogen-bond donors (Lipinski definition) is 2. The highest BCUT2D eigenvalue weighted by atomic mass is 16.6. The summed E-state index contributed by atoms with van der Waals surface area (Å²) in [5.41, 5.74) is 0.0637. The van der Waals surface area contributed by atoms with Gasteiger partial charge in [-0.15, -0.1) is 0 Å². The maximum absolute atomic E-state index is 10.9. The van der Waals surface area contributed by atoms with E-state index in [1.165, 1.54) is 31.4 Å². The standard InChI is InChI=1S/C14H22N4O2/c1-10-4-3-5-11(7-6-10)16-14-9-12(18(19)20)8-13(15-2)17-14/h8-11H,3-7H2,1-2H3,(H2,15,16,17). The first kappa shape index (κ1) is 14.6. The normalized spacial score (nSPS) is 22.9.